The topological polar surface area (TPSA) is 37.3 Å². The molecular formula is C11H10F2O2S. The van der Waals surface area contributed by atoms with Gasteiger partial charge >= 0.3 is 5.97 Å². The number of carboxylic acids is 1. The highest BCUT2D eigenvalue weighted by molar-refractivity contribution is 7.80. The van der Waals surface area contributed by atoms with Crippen molar-refractivity contribution in [2.24, 2.45) is 0 Å². The lowest BCUT2D eigenvalue weighted by Gasteiger charge is -2.02. The van der Waals surface area contributed by atoms with Crippen LogP contribution >= 0.6 is 12.6 Å². The number of hydrogen-bond acceptors (Lipinski definition) is 2. The summed E-state index contributed by atoms with van der Waals surface area (Å²) in [5.74, 6) is -2.91. The van der Waals surface area contributed by atoms with Crippen LogP contribution in [0.1, 0.15) is 22.3 Å². The van der Waals surface area contributed by atoms with E-state index in [0.717, 1.165) is 6.07 Å². The van der Waals surface area contributed by atoms with E-state index in [1.54, 1.807) is 6.08 Å². The van der Waals surface area contributed by atoms with Gasteiger partial charge in [-0.25, -0.2) is 13.6 Å². The summed E-state index contributed by atoms with van der Waals surface area (Å²) < 4.78 is 25.7. The van der Waals surface area contributed by atoms with Crippen LogP contribution in [0.25, 0.3) is 6.08 Å². The van der Waals surface area contributed by atoms with E-state index < -0.39 is 17.6 Å². The van der Waals surface area contributed by atoms with Crippen LogP contribution in [-0.4, -0.2) is 16.8 Å². The van der Waals surface area contributed by atoms with Gasteiger partial charge in [0.25, 0.3) is 0 Å². The number of benzene rings is 1. The first-order chi connectivity index (χ1) is 7.56. The summed E-state index contributed by atoms with van der Waals surface area (Å²) in [4.78, 5) is 10.8. The van der Waals surface area contributed by atoms with Crippen molar-refractivity contribution in [3.05, 3.63) is 41.0 Å². The summed E-state index contributed by atoms with van der Waals surface area (Å²) in [6.07, 6.45) is 3.73. The molecule has 0 bridgehead atoms. The Balaban J connectivity index is 3.14. The molecule has 0 aliphatic rings. The highest BCUT2D eigenvalue weighted by atomic mass is 32.1. The van der Waals surface area contributed by atoms with E-state index in [0.29, 0.717) is 18.2 Å². The molecule has 86 valence electrons. The highest BCUT2D eigenvalue weighted by Crippen LogP contribution is 2.17. The molecule has 5 heteroatoms. The van der Waals surface area contributed by atoms with E-state index in [9.17, 15) is 13.6 Å². The second-order valence-electron chi connectivity index (χ2n) is 3.07. The third-order valence-corrected chi connectivity index (χ3v) is 2.17. The fraction of sp³-hybridized carbons (Fsp3) is 0.182. The number of allylic oxidation sites excluding steroid dienone is 1. The highest BCUT2D eigenvalue weighted by Gasteiger charge is 2.13. The van der Waals surface area contributed by atoms with Crippen LogP contribution < -0.4 is 0 Å². The molecule has 0 saturated carbocycles. The Bertz CT molecular complexity index is 430. The molecule has 2 nitrogen and oxygen atoms in total. The predicted molar refractivity (Wildman–Crippen MR) is 60.8 cm³/mol. The lowest BCUT2D eigenvalue weighted by Crippen LogP contribution is -2.02. The minimum Gasteiger partial charge on any atom is -0.478 e. The molecule has 0 spiro atoms. The molecule has 0 aromatic heterocycles. The molecule has 1 N–H and O–H groups in total. The van der Waals surface area contributed by atoms with E-state index in [2.05, 4.69) is 12.6 Å². The Hall–Kier alpha value is -1.36. The lowest BCUT2D eigenvalue weighted by molar-refractivity contribution is 0.0696. The number of halogens is 2. The quantitative estimate of drug-likeness (QED) is 0.799. The fourth-order valence-electron chi connectivity index (χ4n) is 1.17. The van der Waals surface area contributed by atoms with Gasteiger partial charge in [0.05, 0.1) is 5.56 Å². The Labute approximate surface area is 97.0 Å². The average Bonchev–Trinajstić information content (AvgIpc) is 2.23. The van der Waals surface area contributed by atoms with Crippen LogP contribution in [0, 0.1) is 11.6 Å². The third-order valence-electron chi connectivity index (χ3n) is 1.92. The summed E-state index contributed by atoms with van der Waals surface area (Å²) in [6, 6.07) is 1.55. The van der Waals surface area contributed by atoms with Crippen LogP contribution in [0.2, 0.25) is 0 Å². The van der Waals surface area contributed by atoms with Crippen LogP contribution in [0.15, 0.2) is 18.2 Å². The number of carbonyl (C=O) groups is 1. The number of hydrogen-bond donors (Lipinski definition) is 2. The first-order valence-electron chi connectivity index (χ1n) is 4.56. The van der Waals surface area contributed by atoms with E-state index in [1.165, 1.54) is 6.08 Å². The van der Waals surface area contributed by atoms with Gasteiger partial charge in [-0.05, 0) is 29.9 Å². The Morgan fingerprint density at radius 3 is 2.56 bits per heavy atom. The summed E-state index contributed by atoms with van der Waals surface area (Å²) in [5.41, 5.74) is -0.109. The van der Waals surface area contributed by atoms with Crippen LogP contribution in [0.4, 0.5) is 8.78 Å². The molecule has 1 aromatic rings. The Morgan fingerprint density at radius 2 is 2.00 bits per heavy atom. The summed E-state index contributed by atoms with van der Waals surface area (Å²) in [5, 5.41) is 8.80. The van der Waals surface area contributed by atoms with Crippen molar-refractivity contribution in [1.82, 2.24) is 0 Å². The minimum absolute atomic E-state index is 0.146. The number of thiol groups is 1. The van der Waals surface area contributed by atoms with Gasteiger partial charge in [0.2, 0.25) is 0 Å². The number of carboxylic acid groups (broad SMARTS) is 1. The molecular weight excluding hydrogens is 234 g/mol. The standard InChI is InChI=1S/C11H10F2O2S/c12-9-5-7(3-1-2-4-16)8(11(14)15)6-10(9)13/h1,3,5-6,16H,2,4H2,(H,14,15). The largest absolute Gasteiger partial charge is 0.478 e. The third kappa shape index (κ3) is 3.06. The summed E-state index contributed by atoms with van der Waals surface area (Å²) in [6.45, 7) is 0. The van der Waals surface area contributed by atoms with Gasteiger partial charge in [-0.1, -0.05) is 12.2 Å². The average molecular weight is 244 g/mol. The van der Waals surface area contributed by atoms with E-state index in [1.807, 2.05) is 0 Å². The maximum atomic E-state index is 12.9. The minimum atomic E-state index is -1.29. The monoisotopic (exact) mass is 244 g/mol. The van der Waals surface area contributed by atoms with Gasteiger partial charge in [-0.15, -0.1) is 0 Å². The smallest absolute Gasteiger partial charge is 0.336 e. The molecule has 0 heterocycles. The molecule has 0 fully saturated rings. The van der Waals surface area contributed by atoms with Crippen LogP contribution in [0.5, 0.6) is 0 Å². The molecule has 0 aliphatic carbocycles. The van der Waals surface area contributed by atoms with E-state index in [-0.39, 0.29) is 11.1 Å². The van der Waals surface area contributed by atoms with Crippen molar-refractivity contribution in [3.63, 3.8) is 0 Å². The Morgan fingerprint density at radius 1 is 1.38 bits per heavy atom. The molecule has 0 amide bonds. The Kier molecular flexibility index (Phi) is 4.49. The molecule has 16 heavy (non-hydrogen) atoms. The van der Waals surface area contributed by atoms with E-state index >= 15 is 0 Å². The zero-order valence-electron chi connectivity index (χ0n) is 8.28. The molecule has 1 aromatic carbocycles. The first-order valence-corrected chi connectivity index (χ1v) is 5.19. The molecule has 0 atom stereocenters. The zero-order valence-corrected chi connectivity index (χ0v) is 9.18. The van der Waals surface area contributed by atoms with Crippen molar-refractivity contribution in [2.45, 2.75) is 6.42 Å². The predicted octanol–water partition coefficient (Wildman–Crippen LogP) is 3.00. The van der Waals surface area contributed by atoms with Gasteiger partial charge in [0.15, 0.2) is 11.6 Å². The summed E-state index contributed by atoms with van der Waals surface area (Å²) >= 11 is 3.97. The molecule has 0 saturated heterocycles. The van der Waals surface area contributed by atoms with Crippen molar-refractivity contribution >= 4 is 24.7 Å². The zero-order chi connectivity index (χ0) is 12.1. The number of rotatable bonds is 4. The van der Waals surface area contributed by atoms with Crippen molar-refractivity contribution in [1.29, 1.82) is 0 Å². The molecule has 0 unspecified atom stereocenters. The normalized spacial score (nSPS) is 10.9. The SMILES string of the molecule is O=C(O)c1cc(F)c(F)cc1C=CCCS. The number of aromatic carboxylic acids is 1. The van der Waals surface area contributed by atoms with Gasteiger partial charge < -0.3 is 5.11 Å². The van der Waals surface area contributed by atoms with Crippen molar-refractivity contribution in [2.75, 3.05) is 5.75 Å². The second kappa shape index (κ2) is 5.65. The van der Waals surface area contributed by atoms with Crippen molar-refractivity contribution in [3.8, 4) is 0 Å². The van der Waals surface area contributed by atoms with Crippen LogP contribution in [-0.2, 0) is 0 Å². The fourth-order valence-corrected chi connectivity index (χ4v) is 1.32. The van der Waals surface area contributed by atoms with Gasteiger partial charge in [-0.3, -0.25) is 0 Å². The van der Waals surface area contributed by atoms with Gasteiger partial charge in [0, 0.05) is 0 Å². The van der Waals surface area contributed by atoms with Gasteiger partial charge in [-0.2, -0.15) is 12.6 Å². The molecule has 1 rings (SSSR count). The maximum Gasteiger partial charge on any atom is 0.336 e. The second-order valence-corrected chi connectivity index (χ2v) is 3.52. The lowest BCUT2D eigenvalue weighted by atomic mass is 10.1. The molecule has 0 radical (unpaired) electrons. The molecule has 0 aliphatic heterocycles. The van der Waals surface area contributed by atoms with Crippen molar-refractivity contribution < 1.29 is 18.7 Å². The van der Waals surface area contributed by atoms with Gasteiger partial charge in [0.1, 0.15) is 0 Å². The van der Waals surface area contributed by atoms with E-state index in [4.69, 9.17) is 5.11 Å². The summed E-state index contributed by atoms with van der Waals surface area (Å²) in [7, 11) is 0. The van der Waals surface area contributed by atoms with Crippen LogP contribution in [0.3, 0.4) is 0 Å². The first kappa shape index (κ1) is 12.7. The maximum absolute atomic E-state index is 12.9.